The Kier molecular flexibility index (Phi) is 5.09. The maximum absolute atomic E-state index is 13.2. The second-order valence-corrected chi connectivity index (χ2v) is 3.32. The van der Waals surface area contributed by atoms with Gasteiger partial charge in [0, 0.05) is 25.2 Å². The number of rotatable bonds is 4. The lowest BCUT2D eigenvalue weighted by Gasteiger charge is -2.06. The molecule has 5 nitrogen and oxygen atoms in total. The van der Waals surface area contributed by atoms with Crippen LogP contribution in [0.1, 0.15) is 5.56 Å². The van der Waals surface area contributed by atoms with E-state index in [1.807, 2.05) is 0 Å². The summed E-state index contributed by atoms with van der Waals surface area (Å²) in [7, 11) is 0. The average Bonchev–Trinajstić information content (AvgIpc) is 2.34. The maximum Gasteiger partial charge on any atom is 0.309 e. The summed E-state index contributed by atoms with van der Waals surface area (Å²) in [6.07, 6.45) is 0. The molecule has 0 saturated carbocycles. The summed E-state index contributed by atoms with van der Waals surface area (Å²) in [5.74, 6) is -2.00. The largest absolute Gasteiger partial charge is 0.347 e. The SMILES string of the molecule is NCCNC(=O)C(=O)NCc1ccccc1F. The molecule has 2 amide bonds. The van der Waals surface area contributed by atoms with Crippen molar-refractivity contribution in [2.75, 3.05) is 13.1 Å². The van der Waals surface area contributed by atoms with Gasteiger partial charge in [-0.2, -0.15) is 0 Å². The van der Waals surface area contributed by atoms with Crippen LogP contribution in [0.5, 0.6) is 0 Å². The molecule has 0 aliphatic heterocycles. The van der Waals surface area contributed by atoms with Gasteiger partial charge in [-0.15, -0.1) is 0 Å². The number of carbonyl (C=O) groups excluding carboxylic acids is 2. The van der Waals surface area contributed by atoms with Crippen LogP contribution in [0.4, 0.5) is 4.39 Å². The predicted molar refractivity (Wildman–Crippen MR) is 60.3 cm³/mol. The van der Waals surface area contributed by atoms with Crippen molar-refractivity contribution in [2.24, 2.45) is 5.73 Å². The van der Waals surface area contributed by atoms with Gasteiger partial charge in [-0.05, 0) is 6.07 Å². The van der Waals surface area contributed by atoms with Gasteiger partial charge in [0.1, 0.15) is 5.82 Å². The summed E-state index contributed by atoms with van der Waals surface area (Å²) in [6.45, 7) is 0.458. The van der Waals surface area contributed by atoms with Crippen LogP contribution in [0.3, 0.4) is 0 Å². The van der Waals surface area contributed by atoms with E-state index in [0.29, 0.717) is 5.56 Å². The van der Waals surface area contributed by atoms with Crippen molar-refractivity contribution in [3.05, 3.63) is 35.6 Å². The molecule has 1 aromatic carbocycles. The molecule has 0 spiro atoms. The highest BCUT2D eigenvalue weighted by molar-refractivity contribution is 6.35. The van der Waals surface area contributed by atoms with E-state index in [-0.39, 0.29) is 19.6 Å². The lowest BCUT2D eigenvalue weighted by molar-refractivity contribution is -0.139. The predicted octanol–water partition coefficient (Wildman–Crippen LogP) is -0.483. The summed E-state index contributed by atoms with van der Waals surface area (Å²) >= 11 is 0. The highest BCUT2D eigenvalue weighted by Crippen LogP contribution is 2.05. The Labute approximate surface area is 98.2 Å². The third-order valence-electron chi connectivity index (χ3n) is 2.03. The maximum atomic E-state index is 13.2. The van der Waals surface area contributed by atoms with Crippen LogP contribution in [-0.2, 0) is 16.1 Å². The van der Waals surface area contributed by atoms with Crippen LogP contribution in [0.2, 0.25) is 0 Å². The normalized spacial score (nSPS) is 9.76. The molecule has 0 aliphatic rings. The summed E-state index contributed by atoms with van der Waals surface area (Å²) in [6, 6.07) is 6.02. The lowest BCUT2D eigenvalue weighted by Crippen LogP contribution is -2.41. The number of carbonyl (C=O) groups is 2. The Hall–Kier alpha value is -1.95. The number of nitrogens with two attached hydrogens (primary N) is 1. The van der Waals surface area contributed by atoms with Crippen molar-refractivity contribution in [3.8, 4) is 0 Å². The second-order valence-electron chi connectivity index (χ2n) is 3.32. The molecule has 0 atom stereocenters. The highest BCUT2D eigenvalue weighted by atomic mass is 19.1. The molecule has 0 unspecified atom stereocenters. The topological polar surface area (TPSA) is 84.2 Å². The number of hydrogen-bond acceptors (Lipinski definition) is 3. The van der Waals surface area contributed by atoms with Crippen molar-refractivity contribution in [1.82, 2.24) is 10.6 Å². The van der Waals surface area contributed by atoms with Gasteiger partial charge in [0.05, 0.1) is 0 Å². The minimum atomic E-state index is -0.804. The molecule has 0 radical (unpaired) electrons. The molecular formula is C11H14FN3O2. The fraction of sp³-hybridized carbons (Fsp3) is 0.273. The summed E-state index contributed by atoms with van der Waals surface area (Å²) in [4.78, 5) is 22.4. The standard InChI is InChI=1S/C11H14FN3O2/c12-9-4-2-1-3-8(9)7-15-11(17)10(16)14-6-5-13/h1-4H,5-7,13H2,(H,14,16)(H,15,17). The molecule has 6 heteroatoms. The minimum Gasteiger partial charge on any atom is -0.347 e. The Morgan fingerprint density at radius 1 is 1.18 bits per heavy atom. The zero-order chi connectivity index (χ0) is 12.7. The molecule has 92 valence electrons. The molecule has 1 rings (SSSR count). The number of amides is 2. The van der Waals surface area contributed by atoms with Gasteiger partial charge in [-0.3, -0.25) is 9.59 Å². The third-order valence-corrected chi connectivity index (χ3v) is 2.03. The van der Waals surface area contributed by atoms with Crippen molar-refractivity contribution in [3.63, 3.8) is 0 Å². The van der Waals surface area contributed by atoms with E-state index in [0.717, 1.165) is 0 Å². The Morgan fingerprint density at radius 2 is 1.82 bits per heavy atom. The minimum absolute atomic E-state index is 0.0262. The van der Waals surface area contributed by atoms with Gasteiger partial charge >= 0.3 is 11.8 Å². The Bertz CT molecular complexity index is 409. The van der Waals surface area contributed by atoms with E-state index in [1.54, 1.807) is 12.1 Å². The van der Waals surface area contributed by atoms with Crippen molar-refractivity contribution in [1.29, 1.82) is 0 Å². The van der Waals surface area contributed by atoms with Crippen LogP contribution in [-0.4, -0.2) is 24.9 Å². The van der Waals surface area contributed by atoms with Gasteiger partial charge < -0.3 is 16.4 Å². The van der Waals surface area contributed by atoms with Crippen LogP contribution < -0.4 is 16.4 Å². The molecule has 0 fully saturated rings. The summed E-state index contributed by atoms with van der Waals surface area (Å²) < 4.78 is 13.2. The molecule has 0 aromatic heterocycles. The number of nitrogens with one attached hydrogen (secondary N) is 2. The van der Waals surface area contributed by atoms with Gasteiger partial charge in [0.15, 0.2) is 0 Å². The summed E-state index contributed by atoms with van der Waals surface area (Å²) in [5, 5.41) is 4.63. The van der Waals surface area contributed by atoms with Gasteiger partial charge in [-0.25, -0.2) is 4.39 Å². The molecule has 0 heterocycles. The molecule has 17 heavy (non-hydrogen) atoms. The fourth-order valence-corrected chi connectivity index (χ4v) is 1.16. The second kappa shape index (κ2) is 6.59. The van der Waals surface area contributed by atoms with E-state index in [2.05, 4.69) is 10.6 Å². The van der Waals surface area contributed by atoms with Gasteiger partial charge in [-0.1, -0.05) is 18.2 Å². The van der Waals surface area contributed by atoms with Crippen LogP contribution in [0.15, 0.2) is 24.3 Å². The van der Waals surface area contributed by atoms with E-state index in [4.69, 9.17) is 5.73 Å². The zero-order valence-electron chi connectivity index (χ0n) is 9.20. The number of benzene rings is 1. The summed E-state index contributed by atoms with van der Waals surface area (Å²) in [5.41, 5.74) is 5.49. The van der Waals surface area contributed by atoms with Gasteiger partial charge in [0.2, 0.25) is 0 Å². The van der Waals surface area contributed by atoms with E-state index < -0.39 is 17.6 Å². The van der Waals surface area contributed by atoms with E-state index in [9.17, 15) is 14.0 Å². The zero-order valence-corrected chi connectivity index (χ0v) is 9.20. The highest BCUT2D eigenvalue weighted by Gasteiger charge is 2.12. The fourth-order valence-electron chi connectivity index (χ4n) is 1.16. The molecule has 0 saturated heterocycles. The van der Waals surface area contributed by atoms with Crippen LogP contribution >= 0.6 is 0 Å². The first-order valence-electron chi connectivity index (χ1n) is 5.14. The van der Waals surface area contributed by atoms with E-state index in [1.165, 1.54) is 12.1 Å². The van der Waals surface area contributed by atoms with Crippen molar-refractivity contribution < 1.29 is 14.0 Å². The Morgan fingerprint density at radius 3 is 2.47 bits per heavy atom. The first-order chi connectivity index (χ1) is 8.15. The molecule has 4 N–H and O–H groups in total. The Balaban J connectivity index is 2.43. The van der Waals surface area contributed by atoms with Crippen LogP contribution in [0, 0.1) is 5.82 Å². The number of halogens is 1. The lowest BCUT2D eigenvalue weighted by atomic mass is 10.2. The van der Waals surface area contributed by atoms with Crippen molar-refractivity contribution in [2.45, 2.75) is 6.54 Å². The van der Waals surface area contributed by atoms with E-state index >= 15 is 0 Å². The molecule has 0 aliphatic carbocycles. The van der Waals surface area contributed by atoms with Crippen LogP contribution in [0.25, 0.3) is 0 Å². The molecular weight excluding hydrogens is 225 g/mol. The number of hydrogen-bond donors (Lipinski definition) is 3. The molecule has 0 bridgehead atoms. The molecule has 1 aromatic rings. The first-order valence-corrected chi connectivity index (χ1v) is 5.14. The van der Waals surface area contributed by atoms with Gasteiger partial charge in [0.25, 0.3) is 0 Å². The quantitative estimate of drug-likeness (QED) is 0.620. The smallest absolute Gasteiger partial charge is 0.309 e. The van der Waals surface area contributed by atoms with Crippen molar-refractivity contribution >= 4 is 11.8 Å². The monoisotopic (exact) mass is 239 g/mol. The third kappa shape index (κ3) is 4.20. The first kappa shape index (κ1) is 13.1. The average molecular weight is 239 g/mol.